The number of carbonyl (C=O) groups excluding carboxylic acids is 1. The second kappa shape index (κ2) is 6.30. The van der Waals surface area contributed by atoms with Crippen molar-refractivity contribution in [3.05, 3.63) is 58.6 Å². The van der Waals surface area contributed by atoms with Crippen LogP contribution in [0.5, 0.6) is 5.75 Å². The number of rotatable bonds is 4. The van der Waals surface area contributed by atoms with E-state index in [1.807, 2.05) is 6.07 Å². The second-order valence-electron chi connectivity index (χ2n) is 4.29. The number of phenolic OH excluding ortho intramolecular Hbond substituents is 1. The summed E-state index contributed by atoms with van der Waals surface area (Å²) in [7, 11) is 1.59. The number of amides is 1. The number of aromatic hydroxyl groups is 1. The van der Waals surface area contributed by atoms with Crippen molar-refractivity contribution in [1.82, 2.24) is 5.32 Å². The summed E-state index contributed by atoms with van der Waals surface area (Å²) in [6.07, 6.45) is 0. The number of hydrogen-bond acceptors (Lipinski definition) is 3. The lowest BCUT2D eigenvalue weighted by Crippen LogP contribution is -2.17. The molecule has 0 aromatic heterocycles. The quantitative estimate of drug-likeness (QED) is 0.811. The van der Waals surface area contributed by atoms with Gasteiger partial charge >= 0.3 is 0 Å². The predicted molar refractivity (Wildman–Crippen MR) is 80.3 cm³/mol. The fourth-order valence-corrected chi connectivity index (χ4v) is 2.00. The monoisotopic (exact) mass is 290 g/mol. The van der Waals surface area contributed by atoms with Crippen LogP contribution in [-0.4, -0.2) is 18.1 Å². The van der Waals surface area contributed by atoms with E-state index in [4.69, 9.17) is 11.6 Å². The van der Waals surface area contributed by atoms with Gasteiger partial charge in [0.05, 0.1) is 0 Å². The third-order valence-electron chi connectivity index (χ3n) is 2.88. The summed E-state index contributed by atoms with van der Waals surface area (Å²) in [6.45, 7) is 0.420. The zero-order chi connectivity index (χ0) is 14.5. The minimum atomic E-state index is -0.140. The smallest absolute Gasteiger partial charge is 0.251 e. The fraction of sp³-hybridized carbons (Fsp3) is 0.133. The molecule has 2 aromatic carbocycles. The Hall–Kier alpha value is -2.20. The lowest BCUT2D eigenvalue weighted by Gasteiger charge is -2.09. The summed E-state index contributed by atoms with van der Waals surface area (Å²) in [5, 5.41) is 16.0. The van der Waals surface area contributed by atoms with Gasteiger partial charge in [-0.3, -0.25) is 4.79 Å². The van der Waals surface area contributed by atoms with E-state index in [-0.39, 0.29) is 11.7 Å². The molecule has 2 rings (SSSR count). The largest absolute Gasteiger partial charge is 0.508 e. The van der Waals surface area contributed by atoms with Gasteiger partial charge in [-0.1, -0.05) is 17.7 Å². The van der Waals surface area contributed by atoms with Gasteiger partial charge in [0.2, 0.25) is 0 Å². The van der Waals surface area contributed by atoms with Gasteiger partial charge in [0, 0.05) is 35.4 Å². The van der Waals surface area contributed by atoms with Crippen LogP contribution in [0.25, 0.3) is 0 Å². The second-order valence-corrected chi connectivity index (χ2v) is 4.72. The highest BCUT2D eigenvalue weighted by atomic mass is 35.5. The van der Waals surface area contributed by atoms with Crippen LogP contribution in [0.15, 0.2) is 42.5 Å². The molecule has 1 amide bonds. The summed E-state index contributed by atoms with van der Waals surface area (Å²) in [6, 6.07) is 12.0. The lowest BCUT2D eigenvalue weighted by atomic mass is 10.1. The van der Waals surface area contributed by atoms with Gasteiger partial charge in [-0.05, 0) is 36.4 Å². The number of anilines is 1. The van der Waals surface area contributed by atoms with E-state index in [9.17, 15) is 9.90 Å². The number of nitrogens with one attached hydrogen (secondary N) is 2. The van der Waals surface area contributed by atoms with Crippen molar-refractivity contribution < 1.29 is 9.90 Å². The van der Waals surface area contributed by atoms with Crippen molar-refractivity contribution in [2.45, 2.75) is 6.54 Å². The van der Waals surface area contributed by atoms with Gasteiger partial charge in [-0.15, -0.1) is 0 Å². The van der Waals surface area contributed by atoms with E-state index < -0.39 is 0 Å². The number of phenols is 1. The number of carbonyl (C=O) groups is 1. The Morgan fingerprint density at radius 1 is 1.25 bits per heavy atom. The molecular weight excluding hydrogens is 276 g/mol. The van der Waals surface area contributed by atoms with Gasteiger partial charge in [0.15, 0.2) is 0 Å². The van der Waals surface area contributed by atoms with Crippen molar-refractivity contribution in [2.75, 3.05) is 12.4 Å². The maximum Gasteiger partial charge on any atom is 0.251 e. The van der Waals surface area contributed by atoms with Gasteiger partial charge in [-0.25, -0.2) is 0 Å². The first-order valence-electron chi connectivity index (χ1n) is 6.13. The molecule has 2 aromatic rings. The molecule has 0 saturated carbocycles. The first-order valence-corrected chi connectivity index (χ1v) is 6.51. The third-order valence-corrected chi connectivity index (χ3v) is 3.11. The predicted octanol–water partition coefficient (Wildman–Crippen LogP) is 3.02. The van der Waals surface area contributed by atoms with Gasteiger partial charge < -0.3 is 15.7 Å². The van der Waals surface area contributed by atoms with Gasteiger partial charge in [0.25, 0.3) is 5.91 Å². The van der Waals surface area contributed by atoms with Crippen LogP contribution in [0.4, 0.5) is 5.69 Å². The first kappa shape index (κ1) is 14.2. The standard InChI is InChI=1S/C15H15ClN2O2/c1-17-15(20)10-3-2-4-13(8-10)18-9-11-7-12(16)5-6-14(11)19/h2-8,18-19H,9H2,1H3,(H,17,20). The topological polar surface area (TPSA) is 61.4 Å². The Kier molecular flexibility index (Phi) is 4.48. The minimum Gasteiger partial charge on any atom is -0.508 e. The molecule has 0 aliphatic carbocycles. The van der Waals surface area contributed by atoms with Crippen LogP contribution < -0.4 is 10.6 Å². The number of benzene rings is 2. The van der Waals surface area contributed by atoms with E-state index in [1.165, 1.54) is 0 Å². The number of halogens is 1. The van der Waals surface area contributed by atoms with Crippen LogP contribution in [0.2, 0.25) is 5.02 Å². The molecule has 3 N–H and O–H groups in total. The third kappa shape index (κ3) is 3.42. The van der Waals surface area contributed by atoms with Crippen molar-refractivity contribution in [3.8, 4) is 5.75 Å². The Labute approximate surface area is 122 Å². The van der Waals surface area contributed by atoms with Crippen LogP contribution >= 0.6 is 11.6 Å². The van der Waals surface area contributed by atoms with Crippen LogP contribution in [0.1, 0.15) is 15.9 Å². The Bertz CT molecular complexity index is 629. The zero-order valence-corrected chi connectivity index (χ0v) is 11.7. The van der Waals surface area contributed by atoms with E-state index >= 15 is 0 Å². The molecule has 0 atom stereocenters. The summed E-state index contributed by atoms with van der Waals surface area (Å²) in [5.74, 6) is 0.0450. The SMILES string of the molecule is CNC(=O)c1cccc(NCc2cc(Cl)ccc2O)c1. The number of hydrogen-bond donors (Lipinski definition) is 3. The molecule has 0 heterocycles. The Morgan fingerprint density at radius 3 is 2.80 bits per heavy atom. The molecular formula is C15H15ClN2O2. The average molecular weight is 291 g/mol. The van der Waals surface area contributed by atoms with E-state index in [2.05, 4.69) is 10.6 Å². The summed E-state index contributed by atoms with van der Waals surface area (Å²) >= 11 is 5.89. The molecule has 4 nitrogen and oxygen atoms in total. The van der Waals surface area contributed by atoms with Gasteiger partial charge in [0.1, 0.15) is 5.75 Å². The summed E-state index contributed by atoms with van der Waals surface area (Å²) in [5.41, 5.74) is 2.07. The van der Waals surface area contributed by atoms with Crippen LogP contribution in [-0.2, 0) is 6.54 Å². The van der Waals surface area contributed by atoms with Crippen LogP contribution in [0.3, 0.4) is 0 Å². The fourth-order valence-electron chi connectivity index (χ4n) is 1.81. The normalized spacial score (nSPS) is 10.1. The van der Waals surface area contributed by atoms with Crippen molar-refractivity contribution in [1.29, 1.82) is 0 Å². The molecule has 5 heteroatoms. The zero-order valence-electron chi connectivity index (χ0n) is 11.0. The lowest BCUT2D eigenvalue weighted by molar-refractivity contribution is 0.0963. The molecule has 0 radical (unpaired) electrons. The Balaban J connectivity index is 2.11. The highest BCUT2D eigenvalue weighted by Gasteiger charge is 2.05. The Morgan fingerprint density at radius 2 is 2.05 bits per heavy atom. The van der Waals surface area contributed by atoms with E-state index in [0.29, 0.717) is 22.7 Å². The van der Waals surface area contributed by atoms with E-state index in [1.54, 1.807) is 43.4 Å². The van der Waals surface area contributed by atoms with Crippen molar-refractivity contribution in [2.24, 2.45) is 0 Å². The highest BCUT2D eigenvalue weighted by Crippen LogP contribution is 2.22. The van der Waals surface area contributed by atoms with Crippen molar-refractivity contribution >= 4 is 23.2 Å². The maximum atomic E-state index is 11.5. The molecule has 0 aliphatic heterocycles. The summed E-state index contributed by atoms with van der Waals surface area (Å²) in [4.78, 5) is 11.5. The molecule has 0 unspecified atom stereocenters. The van der Waals surface area contributed by atoms with Crippen molar-refractivity contribution in [3.63, 3.8) is 0 Å². The molecule has 0 fully saturated rings. The van der Waals surface area contributed by atoms with Gasteiger partial charge in [-0.2, -0.15) is 0 Å². The summed E-state index contributed by atoms with van der Waals surface area (Å²) < 4.78 is 0. The van der Waals surface area contributed by atoms with E-state index in [0.717, 1.165) is 5.69 Å². The molecule has 0 aliphatic rings. The average Bonchev–Trinajstić information content (AvgIpc) is 2.47. The minimum absolute atomic E-state index is 0.140. The van der Waals surface area contributed by atoms with Crippen LogP contribution in [0, 0.1) is 0 Å². The molecule has 104 valence electrons. The molecule has 0 spiro atoms. The molecule has 20 heavy (non-hydrogen) atoms. The molecule has 0 bridgehead atoms. The maximum absolute atomic E-state index is 11.5. The first-order chi connectivity index (χ1) is 9.60. The highest BCUT2D eigenvalue weighted by molar-refractivity contribution is 6.30. The molecule has 0 saturated heterocycles.